The molecule has 0 fully saturated rings. The number of rotatable bonds is 9. The van der Waals surface area contributed by atoms with Crippen LogP contribution >= 0.6 is 0 Å². The van der Waals surface area contributed by atoms with Gasteiger partial charge in [0.1, 0.15) is 0 Å². The molecule has 116 valence electrons. The maximum absolute atomic E-state index is 12.2. The summed E-state index contributed by atoms with van der Waals surface area (Å²) in [5, 5.41) is 0. The lowest BCUT2D eigenvalue weighted by atomic mass is 9.93. The Kier molecular flexibility index (Phi) is 7.93. The molecule has 0 heterocycles. The molecule has 0 radical (unpaired) electrons. The summed E-state index contributed by atoms with van der Waals surface area (Å²) in [6.07, 6.45) is -4.15. The number of nitrogens with zero attached hydrogens (tertiary/aromatic N) is 1. The van der Waals surface area contributed by atoms with Crippen molar-refractivity contribution >= 4 is 0 Å². The van der Waals surface area contributed by atoms with Crippen molar-refractivity contribution in [2.24, 2.45) is 5.73 Å². The molecule has 6 heteroatoms. The summed E-state index contributed by atoms with van der Waals surface area (Å²) in [4.78, 5) is 1.99. The van der Waals surface area contributed by atoms with Crippen LogP contribution in [-0.2, 0) is 4.74 Å². The van der Waals surface area contributed by atoms with E-state index >= 15 is 0 Å². The minimum absolute atomic E-state index is 0.104. The van der Waals surface area contributed by atoms with E-state index in [1.165, 1.54) is 0 Å². The molecule has 0 aliphatic heterocycles. The fraction of sp³-hybridized carbons (Fsp3) is 1.00. The summed E-state index contributed by atoms with van der Waals surface area (Å²) >= 11 is 0. The van der Waals surface area contributed by atoms with Crippen molar-refractivity contribution in [1.82, 2.24) is 4.90 Å². The lowest BCUT2D eigenvalue weighted by Gasteiger charge is -2.38. The van der Waals surface area contributed by atoms with Gasteiger partial charge in [0, 0.05) is 25.0 Å². The second-order valence-electron chi connectivity index (χ2n) is 5.51. The van der Waals surface area contributed by atoms with Crippen LogP contribution in [0.2, 0.25) is 0 Å². The van der Waals surface area contributed by atoms with E-state index in [1.807, 2.05) is 32.7 Å². The summed E-state index contributed by atoms with van der Waals surface area (Å²) < 4.78 is 41.9. The Hall–Kier alpha value is -0.330. The predicted octanol–water partition coefficient (Wildman–Crippen LogP) is 2.79. The first-order chi connectivity index (χ1) is 8.60. The van der Waals surface area contributed by atoms with Crippen LogP contribution < -0.4 is 5.73 Å². The van der Waals surface area contributed by atoms with Gasteiger partial charge >= 0.3 is 6.18 Å². The van der Waals surface area contributed by atoms with E-state index < -0.39 is 18.1 Å². The zero-order valence-corrected chi connectivity index (χ0v) is 12.4. The minimum atomic E-state index is -4.09. The largest absolute Gasteiger partial charge is 0.389 e. The number of hydrogen-bond donors (Lipinski definition) is 1. The monoisotopic (exact) mass is 284 g/mol. The van der Waals surface area contributed by atoms with Gasteiger partial charge in [-0.1, -0.05) is 0 Å². The molecule has 3 nitrogen and oxygen atoms in total. The maximum atomic E-state index is 12.2. The van der Waals surface area contributed by atoms with E-state index in [-0.39, 0.29) is 12.5 Å². The molecule has 0 aromatic heterocycles. The topological polar surface area (TPSA) is 38.5 Å². The van der Waals surface area contributed by atoms with E-state index in [2.05, 4.69) is 0 Å². The van der Waals surface area contributed by atoms with Gasteiger partial charge in [-0.05, 0) is 40.7 Å². The zero-order chi connectivity index (χ0) is 15.1. The first-order valence-corrected chi connectivity index (χ1v) is 6.70. The smallest absolute Gasteiger partial charge is 0.377 e. The van der Waals surface area contributed by atoms with E-state index in [4.69, 9.17) is 10.5 Å². The quantitative estimate of drug-likeness (QED) is 0.707. The zero-order valence-electron chi connectivity index (χ0n) is 12.4. The lowest BCUT2D eigenvalue weighted by molar-refractivity contribution is -0.136. The molecule has 0 aromatic rings. The SMILES string of the molecule is CC(C)OCCN(C)C(C)(CN)CCCC(F)(F)F. The van der Waals surface area contributed by atoms with Crippen molar-refractivity contribution in [3.63, 3.8) is 0 Å². The molecule has 0 aliphatic rings. The lowest BCUT2D eigenvalue weighted by Crippen LogP contribution is -2.50. The molecular weight excluding hydrogens is 257 g/mol. The Labute approximate surface area is 114 Å². The van der Waals surface area contributed by atoms with Crippen LogP contribution in [0.3, 0.4) is 0 Å². The molecule has 1 unspecified atom stereocenters. The molecule has 0 rings (SSSR count). The molecular formula is C13H27F3N2O. The standard InChI is InChI=1S/C13H27F3N2O/c1-11(2)19-9-8-18(4)12(3,10-17)6-5-7-13(14,15)16/h11H,5-10,17H2,1-4H3. The van der Waals surface area contributed by atoms with Crippen molar-refractivity contribution in [2.45, 2.75) is 57.9 Å². The van der Waals surface area contributed by atoms with Crippen molar-refractivity contribution in [1.29, 1.82) is 0 Å². The highest BCUT2D eigenvalue weighted by Crippen LogP contribution is 2.26. The predicted molar refractivity (Wildman–Crippen MR) is 71.1 cm³/mol. The van der Waals surface area contributed by atoms with Crippen molar-refractivity contribution in [3.05, 3.63) is 0 Å². The Balaban J connectivity index is 4.18. The van der Waals surface area contributed by atoms with Gasteiger partial charge in [-0.25, -0.2) is 0 Å². The molecule has 2 N–H and O–H groups in total. The summed E-state index contributed by atoms with van der Waals surface area (Å²) in [5.74, 6) is 0. The molecule has 0 saturated heterocycles. The Morgan fingerprint density at radius 3 is 2.21 bits per heavy atom. The van der Waals surface area contributed by atoms with Crippen molar-refractivity contribution in [3.8, 4) is 0 Å². The van der Waals surface area contributed by atoms with E-state index in [1.54, 1.807) is 0 Å². The fourth-order valence-corrected chi connectivity index (χ4v) is 1.81. The third kappa shape index (κ3) is 8.44. The van der Waals surface area contributed by atoms with Crippen LogP contribution in [0.1, 0.15) is 40.0 Å². The molecule has 0 aromatic carbocycles. The van der Waals surface area contributed by atoms with Gasteiger partial charge in [0.15, 0.2) is 0 Å². The molecule has 0 saturated carbocycles. The molecule has 0 bridgehead atoms. The summed E-state index contributed by atoms with van der Waals surface area (Å²) in [5.41, 5.74) is 5.31. The Morgan fingerprint density at radius 1 is 1.21 bits per heavy atom. The van der Waals surface area contributed by atoms with Crippen LogP contribution in [0.15, 0.2) is 0 Å². The van der Waals surface area contributed by atoms with E-state index in [0.29, 0.717) is 26.1 Å². The average molecular weight is 284 g/mol. The molecule has 0 amide bonds. The van der Waals surface area contributed by atoms with Gasteiger partial charge in [-0.15, -0.1) is 0 Å². The highest BCUT2D eigenvalue weighted by Gasteiger charge is 2.31. The van der Waals surface area contributed by atoms with Crippen LogP contribution in [-0.4, -0.2) is 49.5 Å². The van der Waals surface area contributed by atoms with Crippen LogP contribution in [0, 0.1) is 0 Å². The Bertz CT molecular complexity index is 247. The van der Waals surface area contributed by atoms with Gasteiger partial charge in [0.2, 0.25) is 0 Å². The van der Waals surface area contributed by atoms with Crippen LogP contribution in [0.4, 0.5) is 13.2 Å². The maximum Gasteiger partial charge on any atom is 0.389 e. The first kappa shape index (κ1) is 18.7. The summed E-state index contributed by atoms with van der Waals surface area (Å²) in [6.45, 7) is 7.36. The second kappa shape index (κ2) is 8.07. The third-order valence-electron chi connectivity index (χ3n) is 3.41. The first-order valence-electron chi connectivity index (χ1n) is 6.70. The summed E-state index contributed by atoms with van der Waals surface area (Å²) in [6, 6.07) is 0. The minimum Gasteiger partial charge on any atom is -0.377 e. The number of nitrogens with two attached hydrogens (primary N) is 1. The van der Waals surface area contributed by atoms with Gasteiger partial charge in [-0.2, -0.15) is 13.2 Å². The van der Waals surface area contributed by atoms with Crippen LogP contribution in [0.5, 0.6) is 0 Å². The highest BCUT2D eigenvalue weighted by molar-refractivity contribution is 4.85. The molecule has 1 atom stereocenters. The molecule has 0 spiro atoms. The normalized spacial score (nSPS) is 16.1. The van der Waals surface area contributed by atoms with Gasteiger partial charge in [-0.3, -0.25) is 4.90 Å². The van der Waals surface area contributed by atoms with Gasteiger partial charge < -0.3 is 10.5 Å². The Morgan fingerprint density at radius 2 is 1.79 bits per heavy atom. The second-order valence-corrected chi connectivity index (χ2v) is 5.51. The average Bonchev–Trinajstić information content (AvgIpc) is 2.26. The number of halogens is 3. The number of alkyl halides is 3. The van der Waals surface area contributed by atoms with E-state index in [0.717, 1.165) is 0 Å². The molecule has 19 heavy (non-hydrogen) atoms. The number of likely N-dealkylation sites (N-methyl/N-ethyl adjacent to an activating group) is 1. The van der Waals surface area contributed by atoms with Gasteiger partial charge in [0.05, 0.1) is 12.7 Å². The third-order valence-corrected chi connectivity index (χ3v) is 3.41. The summed E-state index contributed by atoms with van der Waals surface area (Å²) in [7, 11) is 1.88. The van der Waals surface area contributed by atoms with Crippen molar-refractivity contribution in [2.75, 3.05) is 26.7 Å². The van der Waals surface area contributed by atoms with Crippen molar-refractivity contribution < 1.29 is 17.9 Å². The van der Waals surface area contributed by atoms with Gasteiger partial charge in [0.25, 0.3) is 0 Å². The number of hydrogen-bond acceptors (Lipinski definition) is 3. The van der Waals surface area contributed by atoms with Crippen LogP contribution in [0.25, 0.3) is 0 Å². The highest BCUT2D eigenvalue weighted by atomic mass is 19.4. The van der Waals surface area contributed by atoms with E-state index in [9.17, 15) is 13.2 Å². The number of ether oxygens (including phenoxy) is 1. The molecule has 0 aliphatic carbocycles. The fourth-order valence-electron chi connectivity index (χ4n) is 1.81.